The summed E-state index contributed by atoms with van der Waals surface area (Å²) >= 11 is 3.50. The first-order valence-electron chi connectivity index (χ1n) is 7.98. The fourth-order valence-electron chi connectivity index (χ4n) is 3.14. The lowest BCUT2D eigenvalue weighted by Gasteiger charge is -2.31. The van der Waals surface area contributed by atoms with Crippen molar-refractivity contribution in [3.8, 4) is 5.88 Å². The van der Waals surface area contributed by atoms with E-state index in [1.54, 1.807) is 0 Å². The topological polar surface area (TPSA) is 34.1 Å². The van der Waals surface area contributed by atoms with Gasteiger partial charge in [0.25, 0.3) is 0 Å². The number of hydrogen-bond acceptors (Lipinski definition) is 3. The summed E-state index contributed by atoms with van der Waals surface area (Å²) in [6.07, 6.45) is 5.72. The van der Waals surface area contributed by atoms with Crippen molar-refractivity contribution in [2.24, 2.45) is 11.8 Å². The van der Waals surface area contributed by atoms with Crippen molar-refractivity contribution >= 4 is 15.9 Å². The van der Waals surface area contributed by atoms with Gasteiger partial charge < -0.3 is 10.1 Å². The molecule has 4 heteroatoms. The first-order chi connectivity index (χ1) is 9.94. The molecule has 0 saturated heterocycles. The van der Waals surface area contributed by atoms with Crippen LogP contribution in [-0.4, -0.2) is 17.1 Å². The van der Waals surface area contributed by atoms with E-state index in [1.807, 2.05) is 6.20 Å². The van der Waals surface area contributed by atoms with Gasteiger partial charge in [-0.2, -0.15) is 0 Å². The molecule has 2 unspecified atom stereocenters. The largest absolute Gasteiger partial charge is 0.474 e. The number of nitrogens with one attached hydrogen (secondary N) is 1. The van der Waals surface area contributed by atoms with Crippen molar-refractivity contribution in [2.45, 2.75) is 65.6 Å². The van der Waals surface area contributed by atoms with Gasteiger partial charge in [0.05, 0.1) is 0 Å². The average Bonchev–Trinajstić information content (AvgIpc) is 2.37. The minimum absolute atomic E-state index is 0.301. The standard InChI is InChI=1S/C17H27BrN2O/c1-11(2)19-9-14-8-15(18)10-20-17(14)21-16-6-12(3)5-13(4)7-16/h8,10-13,16,19H,5-7,9H2,1-4H3. The maximum atomic E-state index is 6.24. The SMILES string of the molecule is CC1CC(C)CC(Oc2ncc(Br)cc2CNC(C)C)C1. The molecule has 1 aliphatic carbocycles. The second kappa shape index (κ2) is 7.59. The number of nitrogens with zero attached hydrogens (tertiary/aromatic N) is 1. The molecule has 0 radical (unpaired) electrons. The quantitative estimate of drug-likeness (QED) is 0.842. The molecular weight excluding hydrogens is 328 g/mol. The molecule has 1 aromatic rings. The Labute approximate surface area is 137 Å². The Morgan fingerprint density at radius 2 is 1.95 bits per heavy atom. The zero-order chi connectivity index (χ0) is 15.4. The number of aromatic nitrogens is 1. The van der Waals surface area contributed by atoms with Gasteiger partial charge in [-0.25, -0.2) is 4.98 Å². The van der Waals surface area contributed by atoms with Gasteiger partial charge in [0.1, 0.15) is 6.10 Å². The first kappa shape index (κ1) is 16.8. The molecule has 1 N–H and O–H groups in total. The number of hydrogen-bond donors (Lipinski definition) is 1. The van der Waals surface area contributed by atoms with Gasteiger partial charge in [-0.3, -0.25) is 0 Å². The van der Waals surface area contributed by atoms with E-state index in [9.17, 15) is 0 Å². The fourth-order valence-corrected chi connectivity index (χ4v) is 3.52. The molecular formula is C17H27BrN2O. The van der Waals surface area contributed by atoms with Crippen LogP contribution in [0.4, 0.5) is 0 Å². The van der Waals surface area contributed by atoms with Crippen molar-refractivity contribution in [2.75, 3.05) is 0 Å². The maximum absolute atomic E-state index is 6.24. The number of halogens is 1. The van der Waals surface area contributed by atoms with Crippen molar-refractivity contribution in [3.05, 3.63) is 22.3 Å². The van der Waals surface area contributed by atoms with Crippen LogP contribution in [0.5, 0.6) is 5.88 Å². The van der Waals surface area contributed by atoms with E-state index < -0.39 is 0 Å². The summed E-state index contributed by atoms with van der Waals surface area (Å²) in [6.45, 7) is 9.73. The molecule has 2 rings (SSSR count). The summed E-state index contributed by atoms with van der Waals surface area (Å²) in [4.78, 5) is 4.49. The highest BCUT2D eigenvalue weighted by atomic mass is 79.9. The van der Waals surface area contributed by atoms with Crippen LogP contribution in [0.25, 0.3) is 0 Å². The van der Waals surface area contributed by atoms with E-state index in [-0.39, 0.29) is 0 Å². The molecule has 0 aliphatic heterocycles. The highest BCUT2D eigenvalue weighted by Crippen LogP contribution is 2.32. The third-order valence-electron chi connectivity index (χ3n) is 4.01. The third-order valence-corrected chi connectivity index (χ3v) is 4.44. The Morgan fingerprint density at radius 3 is 2.57 bits per heavy atom. The molecule has 1 fully saturated rings. The van der Waals surface area contributed by atoms with Crippen LogP contribution < -0.4 is 10.1 Å². The molecule has 0 aromatic carbocycles. The van der Waals surface area contributed by atoms with E-state index in [0.29, 0.717) is 12.1 Å². The molecule has 1 aliphatic rings. The van der Waals surface area contributed by atoms with Crippen LogP contribution in [0.3, 0.4) is 0 Å². The molecule has 118 valence electrons. The second-order valence-corrected chi connectivity index (χ2v) is 7.73. The van der Waals surface area contributed by atoms with Gasteiger partial charge in [-0.05, 0) is 53.1 Å². The molecule has 21 heavy (non-hydrogen) atoms. The van der Waals surface area contributed by atoms with Crippen LogP contribution in [-0.2, 0) is 6.54 Å². The van der Waals surface area contributed by atoms with Gasteiger partial charge in [-0.1, -0.05) is 27.7 Å². The lowest BCUT2D eigenvalue weighted by Crippen LogP contribution is -2.29. The molecule has 0 spiro atoms. The molecule has 3 nitrogen and oxygen atoms in total. The summed E-state index contributed by atoms with van der Waals surface area (Å²) in [5.41, 5.74) is 1.13. The van der Waals surface area contributed by atoms with Gasteiger partial charge in [0, 0.05) is 28.8 Å². The van der Waals surface area contributed by atoms with E-state index in [1.165, 1.54) is 6.42 Å². The number of ether oxygens (including phenoxy) is 1. The van der Waals surface area contributed by atoms with E-state index in [2.05, 4.69) is 60.0 Å². The van der Waals surface area contributed by atoms with E-state index in [0.717, 1.165) is 47.1 Å². The first-order valence-corrected chi connectivity index (χ1v) is 8.77. The van der Waals surface area contributed by atoms with E-state index in [4.69, 9.17) is 4.74 Å². The predicted molar refractivity (Wildman–Crippen MR) is 90.5 cm³/mol. The van der Waals surface area contributed by atoms with Crippen LogP contribution >= 0.6 is 15.9 Å². The molecule has 0 amide bonds. The summed E-state index contributed by atoms with van der Waals surface area (Å²) < 4.78 is 7.24. The highest BCUT2D eigenvalue weighted by molar-refractivity contribution is 9.10. The molecule has 0 bridgehead atoms. The number of pyridine rings is 1. The summed E-state index contributed by atoms with van der Waals surface area (Å²) in [5.74, 6) is 2.27. The van der Waals surface area contributed by atoms with Gasteiger partial charge >= 0.3 is 0 Å². The number of rotatable bonds is 5. The zero-order valence-corrected chi connectivity index (χ0v) is 15.1. The molecule has 1 saturated carbocycles. The molecule has 1 heterocycles. The Morgan fingerprint density at radius 1 is 1.29 bits per heavy atom. The van der Waals surface area contributed by atoms with Crippen LogP contribution in [0.15, 0.2) is 16.7 Å². The van der Waals surface area contributed by atoms with Crippen molar-refractivity contribution in [1.82, 2.24) is 10.3 Å². The predicted octanol–water partition coefficient (Wildman–Crippen LogP) is 4.55. The Hall–Kier alpha value is -0.610. The van der Waals surface area contributed by atoms with Gasteiger partial charge in [0.15, 0.2) is 0 Å². The monoisotopic (exact) mass is 354 g/mol. The lowest BCUT2D eigenvalue weighted by molar-refractivity contribution is 0.0955. The Kier molecular flexibility index (Phi) is 6.06. The molecule has 2 atom stereocenters. The minimum atomic E-state index is 0.301. The minimum Gasteiger partial charge on any atom is -0.474 e. The smallest absolute Gasteiger partial charge is 0.218 e. The van der Waals surface area contributed by atoms with Gasteiger partial charge in [-0.15, -0.1) is 0 Å². The van der Waals surface area contributed by atoms with Gasteiger partial charge in [0.2, 0.25) is 5.88 Å². The van der Waals surface area contributed by atoms with Crippen molar-refractivity contribution in [3.63, 3.8) is 0 Å². The van der Waals surface area contributed by atoms with E-state index >= 15 is 0 Å². The zero-order valence-electron chi connectivity index (χ0n) is 13.5. The summed E-state index contributed by atoms with van der Waals surface area (Å²) in [5, 5.41) is 3.44. The van der Waals surface area contributed by atoms with Crippen LogP contribution in [0.2, 0.25) is 0 Å². The Balaban J connectivity index is 2.07. The third kappa shape index (κ3) is 5.26. The van der Waals surface area contributed by atoms with Crippen molar-refractivity contribution < 1.29 is 4.74 Å². The van der Waals surface area contributed by atoms with Crippen LogP contribution in [0.1, 0.15) is 52.5 Å². The summed E-state index contributed by atoms with van der Waals surface area (Å²) in [6, 6.07) is 2.56. The lowest BCUT2D eigenvalue weighted by atomic mass is 9.82. The van der Waals surface area contributed by atoms with Crippen molar-refractivity contribution in [1.29, 1.82) is 0 Å². The van der Waals surface area contributed by atoms with Crippen LogP contribution in [0, 0.1) is 11.8 Å². The fraction of sp³-hybridized carbons (Fsp3) is 0.706. The normalized spacial score (nSPS) is 26.1. The second-order valence-electron chi connectivity index (χ2n) is 6.81. The highest BCUT2D eigenvalue weighted by Gasteiger charge is 2.26. The summed E-state index contributed by atoms with van der Waals surface area (Å²) in [7, 11) is 0. The Bertz CT molecular complexity index is 454. The average molecular weight is 355 g/mol. The molecule has 1 aromatic heterocycles. The maximum Gasteiger partial charge on any atom is 0.218 e.